The van der Waals surface area contributed by atoms with Crippen molar-refractivity contribution in [1.29, 1.82) is 0 Å². The molecule has 2 heterocycles. The van der Waals surface area contributed by atoms with Gasteiger partial charge in [-0.25, -0.2) is 9.59 Å². The number of rotatable bonds is 2. The molecule has 14 heavy (non-hydrogen) atoms. The molecule has 0 bridgehead atoms. The summed E-state index contributed by atoms with van der Waals surface area (Å²) in [6.07, 6.45) is 1.84. The molecule has 0 aromatic rings. The lowest BCUT2D eigenvalue weighted by molar-refractivity contribution is -0.146. The number of epoxide rings is 2. The topological polar surface area (TPSA) is 99.7 Å². The summed E-state index contributed by atoms with van der Waals surface area (Å²) in [4.78, 5) is 21.9. The molecule has 0 amide bonds. The van der Waals surface area contributed by atoms with Crippen LogP contribution in [0.5, 0.6) is 0 Å². The molecule has 4 unspecified atom stereocenters. The van der Waals surface area contributed by atoms with Crippen LogP contribution < -0.4 is 0 Å². The van der Waals surface area contributed by atoms with Crippen molar-refractivity contribution in [1.82, 2.24) is 0 Å². The van der Waals surface area contributed by atoms with Gasteiger partial charge in [0.15, 0.2) is 0 Å². The van der Waals surface area contributed by atoms with E-state index in [4.69, 9.17) is 19.7 Å². The molecule has 2 fully saturated rings. The molecule has 74 valence electrons. The largest absolute Gasteiger partial charge is 0.479 e. The van der Waals surface area contributed by atoms with E-state index in [1.807, 2.05) is 0 Å². The van der Waals surface area contributed by atoms with Crippen molar-refractivity contribution in [2.24, 2.45) is 0 Å². The molecule has 0 spiro atoms. The Bertz CT molecular complexity index is 387. The van der Waals surface area contributed by atoms with Crippen molar-refractivity contribution in [3.05, 3.63) is 12.2 Å². The van der Waals surface area contributed by atoms with Crippen molar-refractivity contribution in [2.45, 2.75) is 23.4 Å². The molecule has 3 aliphatic rings. The van der Waals surface area contributed by atoms with Crippen molar-refractivity contribution >= 4 is 11.9 Å². The van der Waals surface area contributed by atoms with Gasteiger partial charge in [0.2, 0.25) is 11.2 Å². The van der Waals surface area contributed by atoms with E-state index in [-0.39, 0.29) is 6.10 Å². The minimum absolute atomic E-state index is 0.305. The van der Waals surface area contributed by atoms with Gasteiger partial charge in [-0.15, -0.1) is 0 Å². The second-order valence-electron chi connectivity index (χ2n) is 3.56. The number of hydrogen-bond donors (Lipinski definition) is 2. The molecule has 0 saturated carbocycles. The quantitative estimate of drug-likeness (QED) is 0.436. The fourth-order valence-electron chi connectivity index (χ4n) is 2.08. The molecule has 1 aliphatic carbocycles. The van der Waals surface area contributed by atoms with E-state index in [0.29, 0.717) is 0 Å². The van der Waals surface area contributed by atoms with E-state index < -0.39 is 29.2 Å². The smallest absolute Gasteiger partial charge is 0.343 e. The highest BCUT2D eigenvalue weighted by molar-refractivity contribution is 6.00. The first-order valence-electron chi connectivity index (χ1n) is 4.06. The molecule has 3 rings (SSSR count). The minimum atomic E-state index is -1.71. The monoisotopic (exact) mass is 198 g/mol. The molecule has 0 aromatic carbocycles. The predicted molar refractivity (Wildman–Crippen MR) is 39.6 cm³/mol. The maximum atomic E-state index is 11.0. The Morgan fingerprint density at radius 3 is 2.57 bits per heavy atom. The summed E-state index contributed by atoms with van der Waals surface area (Å²) in [6, 6.07) is 0. The third kappa shape index (κ3) is 0.564. The van der Waals surface area contributed by atoms with E-state index in [2.05, 4.69) is 0 Å². The lowest BCUT2D eigenvalue weighted by Crippen LogP contribution is -2.44. The Labute approximate surface area is 77.7 Å². The fraction of sp³-hybridized carbons (Fsp3) is 0.500. The number of hydrogen-bond acceptors (Lipinski definition) is 4. The van der Waals surface area contributed by atoms with Crippen LogP contribution in [0.1, 0.15) is 0 Å². The van der Waals surface area contributed by atoms with E-state index in [1.165, 1.54) is 12.2 Å². The maximum Gasteiger partial charge on any atom is 0.343 e. The Balaban J connectivity index is 2.11. The number of aliphatic carboxylic acids is 2. The SMILES string of the molecule is O=C(O)C12C=CC3OC3C1(C(=O)O)O2. The average molecular weight is 198 g/mol. The number of carbonyl (C=O) groups is 2. The summed E-state index contributed by atoms with van der Waals surface area (Å²) in [7, 11) is 0. The van der Waals surface area contributed by atoms with Crippen molar-refractivity contribution in [3.8, 4) is 0 Å². The molecule has 6 heteroatoms. The van der Waals surface area contributed by atoms with Crippen molar-refractivity contribution in [2.75, 3.05) is 0 Å². The number of fused-ring (bicyclic) bond motifs is 3. The molecule has 2 saturated heterocycles. The lowest BCUT2D eigenvalue weighted by Gasteiger charge is -2.09. The summed E-state index contributed by atoms with van der Waals surface area (Å²) in [5, 5.41) is 17.8. The first-order valence-corrected chi connectivity index (χ1v) is 4.06. The average Bonchev–Trinajstić information content (AvgIpc) is 2.96. The van der Waals surface area contributed by atoms with Gasteiger partial charge in [-0.1, -0.05) is 6.08 Å². The molecular formula is C8H6O6. The molecule has 0 radical (unpaired) electrons. The highest BCUT2D eigenvalue weighted by Crippen LogP contribution is 2.61. The molecule has 4 atom stereocenters. The molecule has 0 aromatic heterocycles. The molecule has 2 aliphatic heterocycles. The third-order valence-corrected chi connectivity index (χ3v) is 2.91. The normalized spacial score (nSPS) is 51.7. The number of ether oxygens (including phenoxy) is 2. The summed E-state index contributed by atoms with van der Waals surface area (Å²) in [5.41, 5.74) is -3.41. The summed E-state index contributed by atoms with van der Waals surface area (Å²) < 4.78 is 9.93. The van der Waals surface area contributed by atoms with Gasteiger partial charge < -0.3 is 19.7 Å². The van der Waals surface area contributed by atoms with Crippen LogP contribution in [0.4, 0.5) is 0 Å². The van der Waals surface area contributed by atoms with Crippen LogP contribution >= 0.6 is 0 Å². The zero-order chi connectivity index (χ0) is 10.1. The summed E-state index contributed by atoms with van der Waals surface area (Å²) in [6.45, 7) is 0. The molecule has 2 N–H and O–H groups in total. The fourth-order valence-corrected chi connectivity index (χ4v) is 2.08. The van der Waals surface area contributed by atoms with Gasteiger partial charge in [0.1, 0.15) is 12.2 Å². The van der Waals surface area contributed by atoms with Gasteiger partial charge in [-0.05, 0) is 6.08 Å². The highest BCUT2D eigenvalue weighted by Gasteiger charge is 2.88. The Morgan fingerprint density at radius 2 is 2.00 bits per heavy atom. The van der Waals surface area contributed by atoms with Crippen LogP contribution in [0.25, 0.3) is 0 Å². The Morgan fingerprint density at radius 1 is 1.29 bits per heavy atom. The van der Waals surface area contributed by atoms with E-state index in [1.54, 1.807) is 0 Å². The first-order chi connectivity index (χ1) is 6.54. The molecular weight excluding hydrogens is 192 g/mol. The van der Waals surface area contributed by atoms with E-state index >= 15 is 0 Å². The third-order valence-electron chi connectivity index (χ3n) is 2.91. The Kier molecular flexibility index (Phi) is 1.05. The van der Waals surface area contributed by atoms with Crippen LogP contribution in [-0.2, 0) is 19.1 Å². The van der Waals surface area contributed by atoms with Gasteiger partial charge in [0.25, 0.3) is 0 Å². The van der Waals surface area contributed by atoms with Gasteiger partial charge >= 0.3 is 11.9 Å². The number of carboxylic acid groups (broad SMARTS) is 2. The van der Waals surface area contributed by atoms with Gasteiger partial charge in [0.05, 0.1) is 0 Å². The van der Waals surface area contributed by atoms with Crippen LogP contribution in [0, 0.1) is 0 Å². The lowest BCUT2D eigenvalue weighted by atomic mass is 9.84. The molecule has 6 nitrogen and oxygen atoms in total. The standard InChI is InChI=1S/C8H6O6/c9-5(10)7-2-1-3-4(13-3)8(7,14-7)6(11)12/h1-4H,(H,9,10)(H,11,12). The summed E-state index contributed by atoms with van der Waals surface area (Å²) in [5.74, 6) is -2.57. The van der Waals surface area contributed by atoms with Gasteiger partial charge in [-0.3, -0.25) is 0 Å². The van der Waals surface area contributed by atoms with E-state index in [0.717, 1.165) is 0 Å². The minimum Gasteiger partial charge on any atom is -0.479 e. The van der Waals surface area contributed by atoms with Gasteiger partial charge in [0, 0.05) is 0 Å². The second-order valence-corrected chi connectivity index (χ2v) is 3.56. The van der Waals surface area contributed by atoms with Crippen molar-refractivity contribution < 1.29 is 29.3 Å². The van der Waals surface area contributed by atoms with E-state index in [9.17, 15) is 9.59 Å². The first kappa shape index (κ1) is 7.95. The highest BCUT2D eigenvalue weighted by atomic mass is 16.7. The van der Waals surface area contributed by atoms with Crippen molar-refractivity contribution in [3.63, 3.8) is 0 Å². The van der Waals surface area contributed by atoms with Crippen LogP contribution in [0.15, 0.2) is 12.2 Å². The maximum absolute atomic E-state index is 11.0. The zero-order valence-corrected chi connectivity index (χ0v) is 6.84. The Hall–Kier alpha value is -1.40. The zero-order valence-electron chi connectivity index (χ0n) is 6.84. The van der Waals surface area contributed by atoms with Gasteiger partial charge in [-0.2, -0.15) is 0 Å². The number of carboxylic acids is 2. The van der Waals surface area contributed by atoms with Crippen LogP contribution in [0.3, 0.4) is 0 Å². The van der Waals surface area contributed by atoms with Crippen LogP contribution in [-0.4, -0.2) is 45.6 Å². The summed E-state index contributed by atoms with van der Waals surface area (Å²) >= 11 is 0. The predicted octanol–water partition coefficient (Wildman–Crippen LogP) is -0.999. The van der Waals surface area contributed by atoms with Crippen LogP contribution in [0.2, 0.25) is 0 Å². The second kappa shape index (κ2) is 1.84.